The van der Waals surface area contributed by atoms with Crippen molar-refractivity contribution in [3.63, 3.8) is 0 Å². The van der Waals surface area contributed by atoms with Gasteiger partial charge in [-0.3, -0.25) is 14.9 Å². The average Bonchev–Trinajstić information content (AvgIpc) is 3.21. The van der Waals surface area contributed by atoms with Crippen LogP contribution in [0.5, 0.6) is 0 Å². The predicted octanol–water partition coefficient (Wildman–Crippen LogP) is 2.31. The number of carbonyl (C=O) groups is 3. The number of amides is 3. The number of hydrogen-bond donors (Lipinski definition) is 2. The molecule has 3 rings (SSSR count). The molecule has 1 unspecified atom stereocenters. The van der Waals surface area contributed by atoms with Crippen LogP contribution >= 0.6 is 11.3 Å². The number of esters is 1. The van der Waals surface area contributed by atoms with Crippen molar-refractivity contribution in [1.29, 1.82) is 0 Å². The highest BCUT2D eigenvalue weighted by Gasteiger charge is 2.31. The molecule has 0 bridgehead atoms. The number of nitrogens with one attached hydrogen (secondary N) is 2. The molecule has 10 heteroatoms. The number of thiazole rings is 1. The highest BCUT2D eigenvalue weighted by molar-refractivity contribution is 7.13. The Morgan fingerprint density at radius 3 is 3.00 bits per heavy atom. The lowest BCUT2D eigenvalue weighted by atomic mass is 10.2. The monoisotopic (exact) mass is 406 g/mol. The molecule has 1 aromatic carbocycles. The minimum atomic E-state index is -0.504. The van der Waals surface area contributed by atoms with E-state index in [0.29, 0.717) is 23.1 Å². The minimum Gasteiger partial charge on any atom is -0.466 e. The summed E-state index contributed by atoms with van der Waals surface area (Å²) in [5.74, 6) is -1.01. The Balaban J connectivity index is 1.52. The van der Waals surface area contributed by atoms with E-state index < -0.39 is 17.9 Å². The Morgan fingerprint density at radius 2 is 2.25 bits per heavy atom. The summed E-state index contributed by atoms with van der Waals surface area (Å²) in [6.07, 6.45) is 0.156. The summed E-state index contributed by atoms with van der Waals surface area (Å²) < 4.78 is 18.2. The van der Waals surface area contributed by atoms with E-state index >= 15 is 0 Å². The smallest absolute Gasteiger partial charge is 0.321 e. The molecule has 1 atom stereocenters. The van der Waals surface area contributed by atoms with Gasteiger partial charge < -0.3 is 15.0 Å². The molecule has 0 aliphatic carbocycles. The standard InChI is InChI=1S/C18H19FN4O4S/c1-2-27-16(25)8-13-10-28-18(21-13)22-17(26)20-12-7-15(24)23(9-12)14-5-3-4-11(19)6-14/h3-6,10,12H,2,7-9H2,1H3,(H2,20,21,22,26). The van der Waals surface area contributed by atoms with Crippen molar-refractivity contribution in [2.24, 2.45) is 0 Å². The van der Waals surface area contributed by atoms with E-state index in [-0.39, 0.29) is 31.3 Å². The van der Waals surface area contributed by atoms with E-state index in [1.54, 1.807) is 18.4 Å². The van der Waals surface area contributed by atoms with Gasteiger partial charge in [0.15, 0.2) is 5.13 Å². The Bertz CT molecular complexity index is 888. The van der Waals surface area contributed by atoms with E-state index in [2.05, 4.69) is 15.6 Å². The van der Waals surface area contributed by atoms with Gasteiger partial charge in [0.1, 0.15) is 5.82 Å². The second-order valence-electron chi connectivity index (χ2n) is 6.11. The number of anilines is 2. The lowest BCUT2D eigenvalue weighted by molar-refractivity contribution is -0.142. The maximum absolute atomic E-state index is 13.4. The van der Waals surface area contributed by atoms with Gasteiger partial charge in [0.2, 0.25) is 5.91 Å². The van der Waals surface area contributed by atoms with E-state index in [1.165, 1.54) is 34.4 Å². The molecule has 0 saturated carbocycles. The summed E-state index contributed by atoms with van der Waals surface area (Å²) in [6, 6.07) is 4.84. The number of nitrogens with zero attached hydrogens (tertiary/aromatic N) is 2. The minimum absolute atomic E-state index is 0.0351. The Labute approximate surface area is 164 Å². The molecular formula is C18H19FN4O4S. The third-order valence-electron chi connectivity index (χ3n) is 3.98. The molecule has 2 N–H and O–H groups in total. The lowest BCUT2D eigenvalue weighted by Gasteiger charge is -2.17. The first kappa shape index (κ1) is 19.7. The third kappa shape index (κ3) is 5.03. The highest BCUT2D eigenvalue weighted by Crippen LogP contribution is 2.22. The molecule has 148 valence electrons. The number of aromatic nitrogens is 1. The number of urea groups is 1. The second-order valence-corrected chi connectivity index (χ2v) is 6.97. The summed E-state index contributed by atoms with van der Waals surface area (Å²) in [5, 5.41) is 7.30. The highest BCUT2D eigenvalue weighted by atomic mass is 32.1. The molecular weight excluding hydrogens is 387 g/mol. The van der Waals surface area contributed by atoms with Gasteiger partial charge in [0, 0.05) is 24.0 Å². The van der Waals surface area contributed by atoms with Crippen molar-refractivity contribution in [1.82, 2.24) is 10.3 Å². The van der Waals surface area contributed by atoms with Gasteiger partial charge in [-0.15, -0.1) is 11.3 Å². The molecule has 1 aromatic heterocycles. The van der Waals surface area contributed by atoms with Crippen LogP contribution in [0.2, 0.25) is 0 Å². The Hall–Kier alpha value is -3.01. The number of benzene rings is 1. The summed E-state index contributed by atoms with van der Waals surface area (Å²) >= 11 is 1.19. The molecule has 1 aliphatic rings. The van der Waals surface area contributed by atoms with Crippen LogP contribution in [0.4, 0.5) is 20.0 Å². The topological polar surface area (TPSA) is 101 Å². The van der Waals surface area contributed by atoms with Crippen molar-refractivity contribution in [3.05, 3.63) is 41.2 Å². The zero-order valence-electron chi connectivity index (χ0n) is 15.1. The van der Waals surface area contributed by atoms with Gasteiger partial charge in [0.25, 0.3) is 0 Å². The number of halogens is 1. The number of carbonyl (C=O) groups excluding carboxylic acids is 3. The lowest BCUT2D eigenvalue weighted by Crippen LogP contribution is -2.39. The Kier molecular flexibility index (Phi) is 6.19. The predicted molar refractivity (Wildman–Crippen MR) is 102 cm³/mol. The van der Waals surface area contributed by atoms with Crippen LogP contribution in [-0.4, -0.2) is 42.1 Å². The van der Waals surface area contributed by atoms with Crippen LogP contribution in [0, 0.1) is 5.82 Å². The normalized spacial score (nSPS) is 16.1. The second kappa shape index (κ2) is 8.79. The maximum atomic E-state index is 13.4. The number of rotatable bonds is 6. The molecule has 1 aliphatic heterocycles. The van der Waals surface area contributed by atoms with Crippen molar-refractivity contribution < 1.29 is 23.5 Å². The summed E-state index contributed by atoms with van der Waals surface area (Å²) in [7, 11) is 0. The fourth-order valence-corrected chi connectivity index (χ4v) is 3.53. The van der Waals surface area contributed by atoms with Gasteiger partial charge in [-0.05, 0) is 25.1 Å². The Morgan fingerprint density at radius 1 is 1.43 bits per heavy atom. The van der Waals surface area contributed by atoms with E-state index in [9.17, 15) is 18.8 Å². The van der Waals surface area contributed by atoms with Crippen LogP contribution in [0.25, 0.3) is 0 Å². The molecule has 3 amide bonds. The van der Waals surface area contributed by atoms with Crippen molar-refractivity contribution in [3.8, 4) is 0 Å². The molecule has 0 spiro atoms. The fraction of sp³-hybridized carbons (Fsp3) is 0.333. The number of ether oxygens (including phenoxy) is 1. The van der Waals surface area contributed by atoms with Crippen LogP contribution in [0.15, 0.2) is 29.6 Å². The van der Waals surface area contributed by atoms with Gasteiger partial charge in [0.05, 0.1) is 24.8 Å². The van der Waals surface area contributed by atoms with Crippen molar-refractivity contribution >= 4 is 40.1 Å². The first-order chi connectivity index (χ1) is 13.4. The summed E-state index contributed by atoms with van der Waals surface area (Å²) in [5.41, 5.74) is 0.963. The summed E-state index contributed by atoms with van der Waals surface area (Å²) in [4.78, 5) is 41.4. The van der Waals surface area contributed by atoms with Crippen molar-refractivity contribution in [2.45, 2.75) is 25.8 Å². The SMILES string of the molecule is CCOC(=O)Cc1csc(NC(=O)NC2CC(=O)N(c3cccc(F)c3)C2)n1. The largest absolute Gasteiger partial charge is 0.466 e. The first-order valence-corrected chi connectivity index (χ1v) is 9.56. The molecule has 0 radical (unpaired) electrons. The molecule has 1 saturated heterocycles. The fourth-order valence-electron chi connectivity index (χ4n) is 2.82. The average molecular weight is 406 g/mol. The van der Waals surface area contributed by atoms with Gasteiger partial charge in [-0.25, -0.2) is 14.2 Å². The van der Waals surface area contributed by atoms with Gasteiger partial charge in [-0.1, -0.05) is 6.07 Å². The van der Waals surface area contributed by atoms with Crippen LogP contribution in [0.1, 0.15) is 19.0 Å². The molecule has 2 aromatic rings. The first-order valence-electron chi connectivity index (χ1n) is 8.68. The van der Waals surface area contributed by atoms with Gasteiger partial charge in [-0.2, -0.15) is 0 Å². The summed E-state index contributed by atoms with van der Waals surface area (Å²) in [6.45, 7) is 2.27. The molecule has 2 heterocycles. The zero-order chi connectivity index (χ0) is 20.1. The van der Waals surface area contributed by atoms with E-state index in [0.717, 1.165) is 0 Å². The third-order valence-corrected chi connectivity index (χ3v) is 4.79. The quantitative estimate of drug-likeness (QED) is 0.717. The zero-order valence-corrected chi connectivity index (χ0v) is 15.9. The van der Waals surface area contributed by atoms with Gasteiger partial charge >= 0.3 is 12.0 Å². The van der Waals surface area contributed by atoms with Crippen LogP contribution < -0.4 is 15.5 Å². The van der Waals surface area contributed by atoms with Crippen LogP contribution in [0.3, 0.4) is 0 Å². The molecule has 8 nitrogen and oxygen atoms in total. The molecule has 1 fully saturated rings. The van der Waals surface area contributed by atoms with E-state index in [1.807, 2.05) is 0 Å². The maximum Gasteiger partial charge on any atom is 0.321 e. The van der Waals surface area contributed by atoms with Crippen molar-refractivity contribution in [2.75, 3.05) is 23.4 Å². The van der Waals surface area contributed by atoms with Crippen LogP contribution in [-0.2, 0) is 20.7 Å². The number of hydrogen-bond acceptors (Lipinski definition) is 6. The molecule has 28 heavy (non-hydrogen) atoms. The van der Waals surface area contributed by atoms with E-state index in [4.69, 9.17) is 4.74 Å².